The fraction of sp³-hybridized carbons (Fsp3) is 0.417. The molecule has 0 aliphatic heterocycles. The molecular weight excluding hydrogens is 190 g/mol. The molecule has 0 unspecified atom stereocenters. The van der Waals surface area contributed by atoms with Crippen LogP contribution < -0.4 is 5.32 Å². The normalized spacial score (nSPS) is 12.2. The van der Waals surface area contributed by atoms with E-state index in [2.05, 4.69) is 5.32 Å². The highest BCUT2D eigenvalue weighted by Crippen LogP contribution is 2.19. The molecule has 0 bridgehead atoms. The van der Waals surface area contributed by atoms with Crippen LogP contribution in [0.2, 0.25) is 0 Å². The van der Waals surface area contributed by atoms with Gasteiger partial charge in [0.25, 0.3) is 0 Å². The van der Waals surface area contributed by atoms with Gasteiger partial charge in [0.2, 0.25) is 0 Å². The Kier molecular flexibility index (Phi) is 3.72. The number of hydrogen-bond donors (Lipinski definition) is 2. The molecule has 1 atom stereocenters. The first-order valence-corrected chi connectivity index (χ1v) is 5.11. The summed E-state index contributed by atoms with van der Waals surface area (Å²) in [4.78, 5) is 10.9. The van der Waals surface area contributed by atoms with Crippen LogP contribution in [0.1, 0.15) is 24.5 Å². The second-order valence-corrected chi connectivity index (χ2v) is 3.69. The van der Waals surface area contributed by atoms with Crippen molar-refractivity contribution in [3.05, 3.63) is 29.3 Å². The third-order valence-electron chi connectivity index (χ3n) is 2.64. The lowest BCUT2D eigenvalue weighted by atomic mass is 10.1. The number of carbonyl (C=O) groups is 1. The predicted molar refractivity (Wildman–Crippen MR) is 61.3 cm³/mol. The second-order valence-electron chi connectivity index (χ2n) is 3.69. The average molecular weight is 207 g/mol. The van der Waals surface area contributed by atoms with Crippen LogP contribution in [0.5, 0.6) is 0 Å². The topological polar surface area (TPSA) is 49.3 Å². The van der Waals surface area contributed by atoms with Crippen molar-refractivity contribution in [2.45, 2.75) is 33.2 Å². The van der Waals surface area contributed by atoms with E-state index in [1.807, 2.05) is 39.0 Å². The van der Waals surface area contributed by atoms with Crippen molar-refractivity contribution in [1.29, 1.82) is 0 Å². The number of aryl methyl sites for hydroxylation is 1. The maximum atomic E-state index is 10.9. The lowest BCUT2D eigenvalue weighted by Gasteiger charge is -2.16. The molecule has 0 aliphatic carbocycles. The van der Waals surface area contributed by atoms with Gasteiger partial charge in [0, 0.05) is 5.69 Å². The van der Waals surface area contributed by atoms with Gasteiger partial charge in [-0.3, -0.25) is 0 Å². The summed E-state index contributed by atoms with van der Waals surface area (Å²) in [6, 6.07) is 5.35. The van der Waals surface area contributed by atoms with E-state index in [1.54, 1.807) is 0 Å². The van der Waals surface area contributed by atoms with Crippen molar-refractivity contribution in [2.24, 2.45) is 0 Å². The van der Waals surface area contributed by atoms with Crippen LogP contribution in [0.3, 0.4) is 0 Å². The van der Waals surface area contributed by atoms with Crippen LogP contribution in [0, 0.1) is 13.8 Å². The Hall–Kier alpha value is -1.51. The minimum absolute atomic E-state index is 0.509. The third-order valence-corrected chi connectivity index (χ3v) is 2.64. The van der Waals surface area contributed by atoms with Gasteiger partial charge in [0.15, 0.2) is 0 Å². The van der Waals surface area contributed by atoms with Crippen molar-refractivity contribution in [1.82, 2.24) is 0 Å². The molecule has 0 saturated carbocycles. The molecule has 15 heavy (non-hydrogen) atoms. The first-order valence-electron chi connectivity index (χ1n) is 5.11. The van der Waals surface area contributed by atoms with E-state index >= 15 is 0 Å². The second kappa shape index (κ2) is 4.82. The van der Waals surface area contributed by atoms with E-state index in [0.29, 0.717) is 6.42 Å². The molecule has 2 N–H and O–H groups in total. The molecule has 82 valence electrons. The van der Waals surface area contributed by atoms with Crippen LogP contribution >= 0.6 is 0 Å². The number of anilines is 1. The van der Waals surface area contributed by atoms with Crippen molar-refractivity contribution < 1.29 is 9.90 Å². The molecule has 3 nitrogen and oxygen atoms in total. The molecular formula is C12H17NO2. The summed E-state index contributed by atoms with van der Waals surface area (Å²) in [5.41, 5.74) is 3.18. The maximum absolute atomic E-state index is 10.9. The summed E-state index contributed by atoms with van der Waals surface area (Å²) < 4.78 is 0. The number of aliphatic carboxylic acids is 1. The van der Waals surface area contributed by atoms with Gasteiger partial charge >= 0.3 is 5.97 Å². The molecule has 0 heterocycles. The number of carboxylic acids is 1. The quantitative estimate of drug-likeness (QED) is 0.797. The molecule has 0 fully saturated rings. The zero-order valence-corrected chi connectivity index (χ0v) is 9.37. The Morgan fingerprint density at radius 3 is 2.67 bits per heavy atom. The average Bonchev–Trinajstić information content (AvgIpc) is 2.19. The molecule has 0 radical (unpaired) electrons. The van der Waals surface area contributed by atoms with Crippen molar-refractivity contribution in [3.8, 4) is 0 Å². The van der Waals surface area contributed by atoms with E-state index < -0.39 is 12.0 Å². The highest BCUT2D eigenvalue weighted by molar-refractivity contribution is 5.77. The maximum Gasteiger partial charge on any atom is 0.326 e. The number of benzene rings is 1. The van der Waals surface area contributed by atoms with Crippen molar-refractivity contribution in [2.75, 3.05) is 5.32 Å². The summed E-state index contributed by atoms with van der Waals surface area (Å²) in [5, 5.41) is 12.0. The first-order chi connectivity index (χ1) is 7.06. The third kappa shape index (κ3) is 2.72. The number of nitrogens with one attached hydrogen (secondary N) is 1. The highest BCUT2D eigenvalue weighted by Gasteiger charge is 2.15. The minimum atomic E-state index is -0.807. The van der Waals surface area contributed by atoms with E-state index in [9.17, 15) is 4.79 Å². The first kappa shape index (κ1) is 11.6. The Morgan fingerprint density at radius 1 is 1.47 bits per heavy atom. The Balaban J connectivity index is 2.88. The van der Waals surface area contributed by atoms with Gasteiger partial charge in [-0.25, -0.2) is 4.79 Å². The largest absolute Gasteiger partial charge is 0.480 e. The number of rotatable bonds is 4. The smallest absolute Gasteiger partial charge is 0.326 e. The molecule has 0 amide bonds. The molecule has 1 aromatic carbocycles. The molecule has 0 spiro atoms. The fourth-order valence-corrected chi connectivity index (χ4v) is 1.43. The monoisotopic (exact) mass is 207 g/mol. The summed E-state index contributed by atoms with van der Waals surface area (Å²) in [7, 11) is 0. The standard InChI is InChI=1S/C12H17NO2/c1-4-10(12(14)15)13-11-7-5-6-8(2)9(11)3/h5-7,10,13H,4H2,1-3H3,(H,14,15)/t10-/m1/s1. The fourth-order valence-electron chi connectivity index (χ4n) is 1.43. The molecule has 0 aromatic heterocycles. The Morgan fingerprint density at radius 2 is 2.13 bits per heavy atom. The SMILES string of the molecule is CC[C@@H](Nc1cccc(C)c1C)C(=O)O. The van der Waals surface area contributed by atoms with Crippen molar-refractivity contribution in [3.63, 3.8) is 0 Å². The summed E-state index contributed by atoms with van der Waals surface area (Å²) in [6.07, 6.45) is 0.572. The summed E-state index contributed by atoms with van der Waals surface area (Å²) in [5.74, 6) is -0.807. The van der Waals surface area contributed by atoms with Gasteiger partial charge in [0.05, 0.1) is 0 Å². The van der Waals surface area contributed by atoms with E-state index in [0.717, 1.165) is 11.3 Å². The van der Waals surface area contributed by atoms with Gasteiger partial charge < -0.3 is 10.4 Å². The van der Waals surface area contributed by atoms with Crippen LogP contribution in [-0.2, 0) is 4.79 Å². The molecule has 0 aliphatic rings. The minimum Gasteiger partial charge on any atom is -0.480 e. The molecule has 3 heteroatoms. The van der Waals surface area contributed by atoms with Crippen LogP contribution in [0.15, 0.2) is 18.2 Å². The van der Waals surface area contributed by atoms with E-state index in [4.69, 9.17) is 5.11 Å². The summed E-state index contributed by atoms with van der Waals surface area (Å²) >= 11 is 0. The molecule has 0 saturated heterocycles. The Bertz CT molecular complexity index is 361. The lowest BCUT2D eigenvalue weighted by Crippen LogP contribution is -2.28. The van der Waals surface area contributed by atoms with Gasteiger partial charge in [-0.05, 0) is 37.5 Å². The highest BCUT2D eigenvalue weighted by atomic mass is 16.4. The Labute approximate surface area is 90.1 Å². The van der Waals surface area contributed by atoms with Gasteiger partial charge in [-0.15, -0.1) is 0 Å². The van der Waals surface area contributed by atoms with Crippen LogP contribution in [-0.4, -0.2) is 17.1 Å². The van der Waals surface area contributed by atoms with E-state index in [-0.39, 0.29) is 0 Å². The summed E-state index contributed by atoms with van der Waals surface area (Å²) in [6.45, 7) is 5.87. The van der Waals surface area contributed by atoms with Gasteiger partial charge in [-0.1, -0.05) is 19.1 Å². The van der Waals surface area contributed by atoms with Gasteiger partial charge in [-0.2, -0.15) is 0 Å². The van der Waals surface area contributed by atoms with E-state index in [1.165, 1.54) is 5.56 Å². The van der Waals surface area contributed by atoms with Gasteiger partial charge in [0.1, 0.15) is 6.04 Å². The predicted octanol–water partition coefficient (Wildman–Crippen LogP) is 2.58. The number of carboxylic acid groups (broad SMARTS) is 1. The zero-order valence-electron chi connectivity index (χ0n) is 9.37. The number of hydrogen-bond acceptors (Lipinski definition) is 2. The van der Waals surface area contributed by atoms with Crippen LogP contribution in [0.25, 0.3) is 0 Å². The molecule has 1 rings (SSSR count). The lowest BCUT2D eigenvalue weighted by molar-refractivity contribution is -0.137. The zero-order chi connectivity index (χ0) is 11.4. The van der Waals surface area contributed by atoms with Crippen LogP contribution in [0.4, 0.5) is 5.69 Å². The molecule has 1 aromatic rings. The van der Waals surface area contributed by atoms with Crippen molar-refractivity contribution >= 4 is 11.7 Å².